The molecule has 1 rings (SSSR count). The molecule has 1 aliphatic rings. The first-order valence-corrected chi connectivity index (χ1v) is 5.11. The predicted molar refractivity (Wildman–Crippen MR) is 55.7 cm³/mol. The van der Waals surface area contributed by atoms with Crippen LogP contribution in [0.3, 0.4) is 0 Å². The van der Waals surface area contributed by atoms with Gasteiger partial charge in [0.1, 0.15) is 0 Å². The second-order valence-electron chi connectivity index (χ2n) is 2.67. The molecule has 13 heavy (non-hydrogen) atoms. The summed E-state index contributed by atoms with van der Waals surface area (Å²) in [5.74, 6) is -0.631. The van der Waals surface area contributed by atoms with Crippen LogP contribution in [0.1, 0.15) is 46.0 Å². The van der Waals surface area contributed by atoms with E-state index in [4.69, 9.17) is 5.11 Å². The van der Waals surface area contributed by atoms with Gasteiger partial charge in [-0.3, -0.25) is 4.79 Å². The Kier molecular flexibility index (Phi) is 13.1. The standard InChI is InChI=1S/C7H12O2.C2H6.CH5N/c8-7(9)6-4-2-1-3-5-6;2*1-2/h6H,1-5H2,(H,8,9);1-2H3;2H2,1H3. The molecule has 0 bridgehead atoms. The highest BCUT2D eigenvalue weighted by Gasteiger charge is 2.19. The highest BCUT2D eigenvalue weighted by Crippen LogP contribution is 2.23. The van der Waals surface area contributed by atoms with Crippen molar-refractivity contribution in [3.05, 3.63) is 0 Å². The fourth-order valence-corrected chi connectivity index (χ4v) is 1.35. The van der Waals surface area contributed by atoms with Gasteiger partial charge in [-0.2, -0.15) is 0 Å². The van der Waals surface area contributed by atoms with Gasteiger partial charge in [-0.25, -0.2) is 0 Å². The summed E-state index contributed by atoms with van der Waals surface area (Å²) in [7, 11) is 1.50. The topological polar surface area (TPSA) is 63.3 Å². The summed E-state index contributed by atoms with van der Waals surface area (Å²) in [5.41, 5.74) is 4.50. The molecule has 0 unspecified atom stereocenters. The van der Waals surface area contributed by atoms with Crippen molar-refractivity contribution in [3.8, 4) is 0 Å². The van der Waals surface area contributed by atoms with Gasteiger partial charge in [0.25, 0.3) is 0 Å². The number of nitrogens with two attached hydrogens (primary N) is 1. The van der Waals surface area contributed by atoms with Crippen LogP contribution >= 0.6 is 0 Å². The van der Waals surface area contributed by atoms with Crippen molar-refractivity contribution < 1.29 is 9.90 Å². The average molecular weight is 189 g/mol. The lowest BCUT2D eigenvalue weighted by Crippen LogP contribution is -2.16. The van der Waals surface area contributed by atoms with Gasteiger partial charge >= 0.3 is 5.97 Å². The van der Waals surface area contributed by atoms with Crippen molar-refractivity contribution in [2.24, 2.45) is 11.7 Å². The Labute approximate surface area is 81.3 Å². The van der Waals surface area contributed by atoms with Crippen LogP contribution in [0.15, 0.2) is 0 Å². The number of hydrogen-bond acceptors (Lipinski definition) is 2. The molecule has 0 aromatic heterocycles. The summed E-state index contributed by atoms with van der Waals surface area (Å²) in [6.45, 7) is 4.00. The van der Waals surface area contributed by atoms with E-state index in [2.05, 4.69) is 5.73 Å². The minimum absolute atomic E-state index is 0.0289. The zero-order valence-corrected chi connectivity index (χ0v) is 9.05. The number of hydrogen-bond donors (Lipinski definition) is 2. The third kappa shape index (κ3) is 7.78. The molecule has 0 saturated heterocycles. The molecule has 0 aliphatic heterocycles. The van der Waals surface area contributed by atoms with Crippen molar-refractivity contribution in [2.75, 3.05) is 7.05 Å². The van der Waals surface area contributed by atoms with E-state index in [0.29, 0.717) is 0 Å². The Hall–Kier alpha value is -0.570. The number of carboxylic acids is 1. The Morgan fingerprint density at radius 1 is 1.15 bits per heavy atom. The largest absolute Gasteiger partial charge is 0.481 e. The van der Waals surface area contributed by atoms with Crippen molar-refractivity contribution >= 4 is 5.97 Å². The smallest absolute Gasteiger partial charge is 0.306 e. The van der Waals surface area contributed by atoms with E-state index in [1.165, 1.54) is 13.5 Å². The molecule has 3 nitrogen and oxygen atoms in total. The molecule has 1 fully saturated rings. The third-order valence-corrected chi connectivity index (χ3v) is 1.95. The highest BCUT2D eigenvalue weighted by atomic mass is 16.4. The predicted octanol–water partition coefficient (Wildman–Crippen LogP) is 2.25. The monoisotopic (exact) mass is 189 g/mol. The van der Waals surface area contributed by atoms with Crippen LogP contribution in [-0.4, -0.2) is 18.1 Å². The van der Waals surface area contributed by atoms with Crippen molar-refractivity contribution in [1.82, 2.24) is 0 Å². The van der Waals surface area contributed by atoms with Crippen molar-refractivity contribution in [2.45, 2.75) is 46.0 Å². The zero-order chi connectivity index (χ0) is 10.7. The first kappa shape index (κ1) is 14.9. The fourth-order valence-electron chi connectivity index (χ4n) is 1.35. The molecule has 0 aromatic rings. The lowest BCUT2D eigenvalue weighted by Gasteiger charge is -2.16. The third-order valence-electron chi connectivity index (χ3n) is 1.95. The molecule has 0 spiro atoms. The molecule has 0 radical (unpaired) electrons. The van der Waals surface area contributed by atoms with Gasteiger partial charge in [0.15, 0.2) is 0 Å². The first-order valence-electron chi connectivity index (χ1n) is 5.11. The quantitative estimate of drug-likeness (QED) is 0.665. The molecule has 1 saturated carbocycles. The summed E-state index contributed by atoms with van der Waals surface area (Å²) in [4.78, 5) is 10.4. The molecule has 3 N–H and O–H groups in total. The maximum atomic E-state index is 10.4. The lowest BCUT2D eigenvalue weighted by atomic mass is 9.90. The van der Waals surface area contributed by atoms with Gasteiger partial charge in [-0.15, -0.1) is 0 Å². The zero-order valence-electron chi connectivity index (χ0n) is 9.05. The summed E-state index contributed by atoms with van der Waals surface area (Å²) < 4.78 is 0. The minimum atomic E-state index is -0.602. The Morgan fingerprint density at radius 3 is 1.77 bits per heavy atom. The fraction of sp³-hybridized carbons (Fsp3) is 0.900. The van der Waals surface area contributed by atoms with Crippen LogP contribution in [0, 0.1) is 5.92 Å². The molecule has 1 aliphatic carbocycles. The van der Waals surface area contributed by atoms with Gasteiger partial charge < -0.3 is 10.8 Å². The molecule has 0 amide bonds. The van der Waals surface area contributed by atoms with Gasteiger partial charge in [0.2, 0.25) is 0 Å². The molecule has 0 heterocycles. The number of rotatable bonds is 1. The lowest BCUT2D eigenvalue weighted by molar-refractivity contribution is -0.142. The van der Waals surface area contributed by atoms with Gasteiger partial charge in [0, 0.05) is 0 Å². The maximum absolute atomic E-state index is 10.4. The molecule has 3 heteroatoms. The Bertz CT molecular complexity index is 109. The van der Waals surface area contributed by atoms with E-state index < -0.39 is 5.97 Å². The minimum Gasteiger partial charge on any atom is -0.481 e. The van der Waals surface area contributed by atoms with Crippen LogP contribution < -0.4 is 5.73 Å². The van der Waals surface area contributed by atoms with Crippen LogP contribution in [0.2, 0.25) is 0 Å². The van der Waals surface area contributed by atoms with Crippen molar-refractivity contribution in [3.63, 3.8) is 0 Å². The second-order valence-corrected chi connectivity index (χ2v) is 2.67. The molecule has 0 atom stereocenters. The highest BCUT2D eigenvalue weighted by molar-refractivity contribution is 5.69. The van der Waals surface area contributed by atoms with Crippen LogP contribution in [-0.2, 0) is 4.79 Å². The van der Waals surface area contributed by atoms with Crippen LogP contribution in [0.25, 0.3) is 0 Å². The van der Waals surface area contributed by atoms with Gasteiger partial charge in [-0.1, -0.05) is 33.1 Å². The van der Waals surface area contributed by atoms with E-state index in [0.717, 1.165) is 25.7 Å². The normalized spacial score (nSPS) is 16.0. The van der Waals surface area contributed by atoms with Gasteiger partial charge in [0.05, 0.1) is 5.92 Å². The first-order chi connectivity index (χ1) is 6.30. The van der Waals surface area contributed by atoms with Crippen LogP contribution in [0.5, 0.6) is 0 Å². The van der Waals surface area contributed by atoms with E-state index in [1.807, 2.05) is 13.8 Å². The van der Waals surface area contributed by atoms with Crippen molar-refractivity contribution in [1.29, 1.82) is 0 Å². The van der Waals surface area contributed by atoms with Crippen LogP contribution in [0.4, 0.5) is 0 Å². The number of carbonyl (C=O) groups is 1. The number of aliphatic carboxylic acids is 1. The average Bonchev–Trinajstić information content (AvgIpc) is 2.25. The summed E-state index contributed by atoms with van der Waals surface area (Å²) >= 11 is 0. The molecular weight excluding hydrogens is 166 g/mol. The summed E-state index contributed by atoms with van der Waals surface area (Å²) in [5, 5.41) is 8.54. The summed E-state index contributed by atoms with van der Waals surface area (Å²) in [6.07, 6.45) is 5.24. The van der Waals surface area contributed by atoms with Gasteiger partial charge in [-0.05, 0) is 19.9 Å². The maximum Gasteiger partial charge on any atom is 0.306 e. The Balaban J connectivity index is 0. The Morgan fingerprint density at radius 2 is 1.54 bits per heavy atom. The molecule has 80 valence electrons. The molecular formula is C10H23NO2. The second kappa shape index (κ2) is 11.4. The summed E-state index contributed by atoms with van der Waals surface area (Å²) in [6, 6.07) is 0. The number of carboxylic acid groups (broad SMARTS) is 1. The van der Waals surface area contributed by atoms with E-state index in [1.54, 1.807) is 0 Å². The van der Waals surface area contributed by atoms with E-state index in [9.17, 15) is 4.79 Å². The van der Waals surface area contributed by atoms with E-state index >= 15 is 0 Å². The van der Waals surface area contributed by atoms with E-state index in [-0.39, 0.29) is 5.92 Å². The molecule has 0 aromatic carbocycles. The SMILES string of the molecule is CC.CN.O=C(O)C1CCCCC1.